The topological polar surface area (TPSA) is 63.9 Å². The van der Waals surface area contributed by atoms with Crippen LogP contribution in [0.1, 0.15) is 25.7 Å². The van der Waals surface area contributed by atoms with Crippen LogP contribution in [0.25, 0.3) is 0 Å². The fourth-order valence-electron chi connectivity index (χ4n) is 1.11. The first-order chi connectivity index (χ1) is 6.43. The van der Waals surface area contributed by atoms with Gasteiger partial charge in [-0.05, 0) is 19.4 Å². The maximum absolute atomic E-state index is 5.40. The third-order valence-electron chi connectivity index (χ3n) is 1.84. The summed E-state index contributed by atoms with van der Waals surface area (Å²) in [6, 6.07) is 0. The molecule has 0 saturated carbocycles. The number of rotatable bonds is 7. The summed E-state index contributed by atoms with van der Waals surface area (Å²) in [6.45, 7) is 1.56. The van der Waals surface area contributed by atoms with E-state index in [4.69, 9.17) is 10.5 Å². The van der Waals surface area contributed by atoms with Gasteiger partial charge in [0.1, 0.15) is 0 Å². The van der Waals surface area contributed by atoms with Gasteiger partial charge in [-0.2, -0.15) is 5.10 Å². The molecule has 0 aliphatic carbocycles. The van der Waals surface area contributed by atoms with E-state index in [1.807, 2.05) is 0 Å². The smallest absolute Gasteiger partial charge is 0.156 e. The maximum atomic E-state index is 5.40. The van der Waals surface area contributed by atoms with Gasteiger partial charge in [0.25, 0.3) is 0 Å². The number of ether oxygens (including phenoxy) is 1. The van der Waals surface area contributed by atoms with Crippen molar-refractivity contribution in [2.75, 3.05) is 13.2 Å². The molecule has 0 unspecified atom stereocenters. The molecule has 3 N–H and O–H groups in total. The Morgan fingerprint density at radius 2 is 2.07 bits per heavy atom. The van der Waals surface area contributed by atoms with Crippen molar-refractivity contribution in [1.29, 1.82) is 0 Å². The Hall–Kier alpha value is -0.740. The number of unbranched alkanes of at least 4 members (excludes halogenated alkanes) is 3. The number of hydrogen-bond acceptors (Lipinski definition) is 3. The second-order valence-electron chi connectivity index (χ2n) is 2.99. The Morgan fingerprint density at radius 3 is 2.71 bits per heavy atom. The second kappa shape index (κ2) is 8.84. The molecule has 1 aromatic rings. The number of nitrogens with zero attached hydrogens (tertiary/aromatic N) is 1. The fourth-order valence-corrected chi connectivity index (χ4v) is 1.11. The van der Waals surface area contributed by atoms with Gasteiger partial charge < -0.3 is 10.5 Å². The Labute approximate surface area is 90.6 Å². The quantitative estimate of drug-likeness (QED) is 0.687. The van der Waals surface area contributed by atoms with Gasteiger partial charge in [-0.1, -0.05) is 12.8 Å². The van der Waals surface area contributed by atoms with Crippen LogP contribution in [-0.4, -0.2) is 23.3 Å². The Balaban J connectivity index is 0.00000169. The summed E-state index contributed by atoms with van der Waals surface area (Å²) in [6.07, 6.45) is 8.02. The molecule has 1 rings (SSSR count). The molecule has 0 spiro atoms. The van der Waals surface area contributed by atoms with Crippen molar-refractivity contribution in [3.63, 3.8) is 0 Å². The number of aromatic nitrogens is 2. The highest BCUT2D eigenvalue weighted by Gasteiger charge is 1.93. The molecule has 0 bridgehead atoms. The summed E-state index contributed by atoms with van der Waals surface area (Å²) in [4.78, 5) is 0. The Bertz CT molecular complexity index is 204. The second-order valence-corrected chi connectivity index (χ2v) is 2.99. The van der Waals surface area contributed by atoms with Gasteiger partial charge in [0, 0.05) is 0 Å². The molecule has 0 saturated heterocycles. The van der Waals surface area contributed by atoms with Crippen molar-refractivity contribution in [3.05, 3.63) is 12.4 Å². The van der Waals surface area contributed by atoms with Crippen LogP contribution >= 0.6 is 12.4 Å². The van der Waals surface area contributed by atoms with Crippen LogP contribution in [0.3, 0.4) is 0 Å². The molecule has 1 aromatic heterocycles. The van der Waals surface area contributed by atoms with E-state index in [0.29, 0.717) is 0 Å². The molecular weight excluding hydrogens is 202 g/mol. The highest BCUT2D eigenvalue weighted by molar-refractivity contribution is 5.85. The van der Waals surface area contributed by atoms with Crippen LogP contribution in [0.4, 0.5) is 0 Å². The molecule has 5 heteroatoms. The zero-order valence-corrected chi connectivity index (χ0v) is 9.05. The monoisotopic (exact) mass is 219 g/mol. The summed E-state index contributed by atoms with van der Waals surface area (Å²) >= 11 is 0. The zero-order valence-electron chi connectivity index (χ0n) is 8.24. The lowest BCUT2D eigenvalue weighted by Gasteiger charge is -2.02. The molecule has 0 fully saturated rings. The van der Waals surface area contributed by atoms with Crippen molar-refractivity contribution in [2.45, 2.75) is 25.7 Å². The molecule has 0 radical (unpaired) electrons. The lowest BCUT2D eigenvalue weighted by Crippen LogP contribution is -1.99. The van der Waals surface area contributed by atoms with Gasteiger partial charge in [0.2, 0.25) is 0 Å². The van der Waals surface area contributed by atoms with Crippen molar-refractivity contribution < 1.29 is 4.74 Å². The molecule has 0 atom stereocenters. The highest BCUT2D eigenvalue weighted by Crippen LogP contribution is 2.06. The van der Waals surface area contributed by atoms with Gasteiger partial charge in [0.15, 0.2) is 5.75 Å². The van der Waals surface area contributed by atoms with Gasteiger partial charge in [0.05, 0.1) is 19.0 Å². The van der Waals surface area contributed by atoms with Crippen LogP contribution in [0.2, 0.25) is 0 Å². The predicted octanol–water partition coefficient (Wildman–Crippen LogP) is 1.73. The summed E-state index contributed by atoms with van der Waals surface area (Å²) in [5, 5.41) is 6.48. The molecule has 82 valence electrons. The van der Waals surface area contributed by atoms with E-state index in [9.17, 15) is 0 Å². The first kappa shape index (κ1) is 13.3. The predicted molar refractivity (Wildman–Crippen MR) is 58.9 cm³/mol. The normalized spacial score (nSPS) is 9.50. The molecular formula is C9H18ClN3O. The number of H-pyrrole nitrogens is 1. The SMILES string of the molecule is Cl.NCCCCCCOc1cn[nH]c1. The largest absolute Gasteiger partial charge is 0.490 e. The highest BCUT2D eigenvalue weighted by atomic mass is 35.5. The van der Waals surface area contributed by atoms with Gasteiger partial charge in [-0.15, -0.1) is 12.4 Å². The molecule has 0 aliphatic rings. The van der Waals surface area contributed by atoms with Crippen molar-refractivity contribution in [1.82, 2.24) is 10.2 Å². The van der Waals surface area contributed by atoms with E-state index >= 15 is 0 Å². The van der Waals surface area contributed by atoms with Gasteiger partial charge in [-0.3, -0.25) is 5.10 Å². The standard InChI is InChI=1S/C9H17N3O.ClH/c10-5-3-1-2-4-6-13-9-7-11-12-8-9;/h7-8H,1-6,10H2,(H,11,12);1H. The third-order valence-corrected chi connectivity index (χ3v) is 1.84. The number of nitrogens with one attached hydrogen (secondary N) is 1. The maximum Gasteiger partial charge on any atom is 0.156 e. The number of aromatic amines is 1. The Kier molecular flexibility index (Phi) is 8.37. The zero-order chi connectivity index (χ0) is 9.36. The summed E-state index contributed by atoms with van der Waals surface area (Å²) in [7, 11) is 0. The molecule has 0 aromatic carbocycles. The molecule has 1 heterocycles. The molecule has 14 heavy (non-hydrogen) atoms. The van der Waals surface area contributed by atoms with Gasteiger partial charge in [-0.25, -0.2) is 0 Å². The average molecular weight is 220 g/mol. The van der Waals surface area contributed by atoms with Crippen LogP contribution in [0.15, 0.2) is 12.4 Å². The molecule has 4 nitrogen and oxygen atoms in total. The number of halogens is 1. The first-order valence-electron chi connectivity index (χ1n) is 4.75. The minimum Gasteiger partial charge on any atom is -0.490 e. The first-order valence-corrected chi connectivity index (χ1v) is 4.75. The van der Waals surface area contributed by atoms with Crippen LogP contribution in [0.5, 0.6) is 5.75 Å². The van der Waals surface area contributed by atoms with E-state index in [0.717, 1.165) is 31.7 Å². The number of nitrogens with two attached hydrogens (primary N) is 1. The summed E-state index contributed by atoms with van der Waals surface area (Å²) < 4.78 is 5.40. The average Bonchev–Trinajstić information content (AvgIpc) is 2.63. The minimum absolute atomic E-state index is 0. The van der Waals surface area contributed by atoms with Crippen LogP contribution in [0, 0.1) is 0 Å². The molecule has 0 aliphatic heterocycles. The van der Waals surface area contributed by atoms with Crippen LogP contribution < -0.4 is 10.5 Å². The minimum atomic E-state index is 0. The molecule has 0 amide bonds. The number of hydrogen-bond donors (Lipinski definition) is 2. The van der Waals surface area contributed by atoms with E-state index in [1.165, 1.54) is 12.8 Å². The van der Waals surface area contributed by atoms with E-state index < -0.39 is 0 Å². The lowest BCUT2D eigenvalue weighted by atomic mass is 10.2. The van der Waals surface area contributed by atoms with Crippen LogP contribution in [-0.2, 0) is 0 Å². The summed E-state index contributed by atoms with van der Waals surface area (Å²) in [5.74, 6) is 0.818. The van der Waals surface area contributed by atoms with Crippen molar-refractivity contribution >= 4 is 12.4 Å². The Morgan fingerprint density at radius 1 is 1.29 bits per heavy atom. The third kappa shape index (κ3) is 5.83. The van der Waals surface area contributed by atoms with E-state index in [1.54, 1.807) is 12.4 Å². The van der Waals surface area contributed by atoms with E-state index in [2.05, 4.69) is 10.2 Å². The van der Waals surface area contributed by atoms with E-state index in [-0.39, 0.29) is 12.4 Å². The lowest BCUT2D eigenvalue weighted by molar-refractivity contribution is 0.305. The summed E-state index contributed by atoms with van der Waals surface area (Å²) in [5.41, 5.74) is 5.38. The van der Waals surface area contributed by atoms with Crippen molar-refractivity contribution in [2.24, 2.45) is 5.73 Å². The fraction of sp³-hybridized carbons (Fsp3) is 0.667. The van der Waals surface area contributed by atoms with Gasteiger partial charge >= 0.3 is 0 Å². The van der Waals surface area contributed by atoms with Crippen molar-refractivity contribution in [3.8, 4) is 5.75 Å².